The van der Waals surface area contributed by atoms with Crippen molar-refractivity contribution in [1.82, 2.24) is 4.98 Å². The molecule has 23 heavy (non-hydrogen) atoms. The Morgan fingerprint density at radius 1 is 0.696 bits per heavy atom. The maximum absolute atomic E-state index is 11.8. The van der Waals surface area contributed by atoms with Gasteiger partial charge in [0.15, 0.2) is 0 Å². The normalized spacial score (nSPS) is 10.3. The molecule has 2 aromatic carbocycles. The number of pyridine rings is 1. The van der Waals surface area contributed by atoms with Crippen LogP contribution < -0.4 is 15.0 Å². The smallest absolute Gasteiger partial charge is 0.248 e. The highest BCUT2D eigenvalue weighted by Crippen LogP contribution is 2.31. The van der Waals surface area contributed by atoms with Crippen LogP contribution in [0, 0.1) is 0 Å². The van der Waals surface area contributed by atoms with Gasteiger partial charge < -0.3 is 14.5 Å². The first-order valence-electron chi connectivity index (χ1n) is 7.23. The molecule has 3 aromatic rings. The highest BCUT2D eigenvalue weighted by atomic mass is 16.5. The van der Waals surface area contributed by atoms with Gasteiger partial charge in [-0.05, 0) is 53.6 Å². The molecule has 0 radical (unpaired) electrons. The lowest BCUT2D eigenvalue weighted by Gasteiger charge is -2.11. The SMILES string of the molecule is COc1ccc(-c2ccc(=O)[nH]c2-c2ccc(OC)cc2)cc1. The van der Waals surface area contributed by atoms with E-state index in [1.54, 1.807) is 14.2 Å². The van der Waals surface area contributed by atoms with Crippen molar-refractivity contribution in [2.45, 2.75) is 0 Å². The summed E-state index contributed by atoms with van der Waals surface area (Å²) in [5.41, 5.74) is 3.54. The van der Waals surface area contributed by atoms with Crippen LogP contribution in [0.5, 0.6) is 11.5 Å². The predicted molar refractivity (Wildman–Crippen MR) is 91.0 cm³/mol. The molecular weight excluding hydrogens is 290 g/mol. The zero-order chi connectivity index (χ0) is 16.2. The van der Waals surface area contributed by atoms with E-state index in [0.717, 1.165) is 33.9 Å². The number of hydrogen-bond acceptors (Lipinski definition) is 3. The third-order valence-electron chi connectivity index (χ3n) is 3.70. The van der Waals surface area contributed by atoms with Gasteiger partial charge in [0.1, 0.15) is 11.5 Å². The van der Waals surface area contributed by atoms with Crippen LogP contribution in [0.4, 0.5) is 0 Å². The second kappa shape index (κ2) is 6.40. The van der Waals surface area contributed by atoms with Crippen LogP contribution in [0.25, 0.3) is 22.4 Å². The fourth-order valence-corrected chi connectivity index (χ4v) is 2.47. The third-order valence-corrected chi connectivity index (χ3v) is 3.70. The molecule has 0 aliphatic rings. The molecule has 4 nitrogen and oxygen atoms in total. The number of H-pyrrole nitrogens is 1. The number of hydrogen-bond donors (Lipinski definition) is 1. The van der Waals surface area contributed by atoms with Gasteiger partial charge in [-0.25, -0.2) is 0 Å². The van der Waals surface area contributed by atoms with Crippen LogP contribution in [-0.2, 0) is 0 Å². The summed E-state index contributed by atoms with van der Waals surface area (Å²) < 4.78 is 10.4. The highest BCUT2D eigenvalue weighted by Gasteiger charge is 2.09. The number of rotatable bonds is 4. The van der Waals surface area contributed by atoms with Gasteiger partial charge in [0.2, 0.25) is 5.56 Å². The monoisotopic (exact) mass is 307 g/mol. The molecule has 0 aliphatic carbocycles. The van der Waals surface area contributed by atoms with Gasteiger partial charge in [-0.2, -0.15) is 0 Å². The first-order valence-corrected chi connectivity index (χ1v) is 7.23. The Morgan fingerprint density at radius 2 is 1.22 bits per heavy atom. The summed E-state index contributed by atoms with van der Waals surface area (Å²) in [7, 11) is 3.26. The van der Waals surface area contributed by atoms with E-state index in [-0.39, 0.29) is 5.56 Å². The molecule has 0 aliphatic heterocycles. The van der Waals surface area contributed by atoms with E-state index < -0.39 is 0 Å². The zero-order valence-electron chi connectivity index (χ0n) is 13.0. The van der Waals surface area contributed by atoms with Crippen molar-refractivity contribution in [3.05, 3.63) is 71.0 Å². The third kappa shape index (κ3) is 3.11. The van der Waals surface area contributed by atoms with Gasteiger partial charge >= 0.3 is 0 Å². The molecule has 4 heteroatoms. The van der Waals surface area contributed by atoms with Gasteiger partial charge in [0.05, 0.1) is 19.9 Å². The Morgan fingerprint density at radius 3 is 1.74 bits per heavy atom. The van der Waals surface area contributed by atoms with E-state index in [1.165, 1.54) is 6.07 Å². The highest BCUT2D eigenvalue weighted by molar-refractivity contribution is 5.80. The molecular formula is C19H17NO3. The Kier molecular flexibility index (Phi) is 4.15. The summed E-state index contributed by atoms with van der Waals surface area (Å²) in [4.78, 5) is 14.7. The van der Waals surface area contributed by atoms with Crippen molar-refractivity contribution in [1.29, 1.82) is 0 Å². The minimum atomic E-state index is -0.131. The van der Waals surface area contributed by atoms with E-state index in [9.17, 15) is 4.79 Å². The largest absolute Gasteiger partial charge is 0.497 e. The topological polar surface area (TPSA) is 51.3 Å². The summed E-state index contributed by atoms with van der Waals surface area (Å²) in [5, 5.41) is 0. The van der Waals surface area contributed by atoms with Crippen LogP contribution in [0.1, 0.15) is 0 Å². The number of aromatic nitrogens is 1. The van der Waals surface area contributed by atoms with E-state index in [2.05, 4.69) is 4.98 Å². The molecule has 1 N–H and O–H groups in total. The van der Waals surface area contributed by atoms with Gasteiger partial charge in [-0.1, -0.05) is 12.1 Å². The average molecular weight is 307 g/mol. The lowest BCUT2D eigenvalue weighted by molar-refractivity contribution is 0.414. The number of ether oxygens (including phenoxy) is 2. The van der Waals surface area contributed by atoms with Crippen LogP contribution in [0.3, 0.4) is 0 Å². The molecule has 0 unspecified atom stereocenters. The molecule has 0 saturated heterocycles. The quantitative estimate of drug-likeness (QED) is 0.799. The maximum Gasteiger partial charge on any atom is 0.248 e. The Labute approximate surface area is 134 Å². The van der Waals surface area contributed by atoms with E-state index in [4.69, 9.17) is 9.47 Å². The second-order valence-electron chi connectivity index (χ2n) is 5.07. The van der Waals surface area contributed by atoms with Crippen molar-refractivity contribution < 1.29 is 9.47 Å². The minimum absolute atomic E-state index is 0.131. The molecule has 0 bridgehead atoms. The van der Waals surface area contributed by atoms with E-state index in [0.29, 0.717) is 0 Å². The van der Waals surface area contributed by atoms with Crippen molar-refractivity contribution >= 4 is 0 Å². The van der Waals surface area contributed by atoms with E-state index >= 15 is 0 Å². The molecule has 0 atom stereocenters. The summed E-state index contributed by atoms with van der Waals surface area (Å²) >= 11 is 0. The van der Waals surface area contributed by atoms with Gasteiger partial charge in [0.25, 0.3) is 0 Å². The number of benzene rings is 2. The lowest BCUT2D eigenvalue weighted by Crippen LogP contribution is -2.05. The van der Waals surface area contributed by atoms with Crippen molar-refractivity contribution in [3.63, 3.8) is 0 Å². The molecule has 0 saturated carbocycles. The van der Waals surface area contributed by atoms with Crippen molar-refractivity contribution in [2.24, 2.45) is 0 Å². The van der Waals surface area contributed by atoms with Crippen LogP contribution in [0.2, 0.25) is 0 Å². The molecule has 1 heterocycles. The average Bonchev–Trinajstić information content (AvgIpc) is 2.62. The van der Waals surface area contributed by atoms with Gasteiger partial charge in [-0.3, -0.25) is 4.79 Å². The molecule has 0 amide bonds. The molecule has 0 spiro atoms. The van der Waals surface area contributed by atoms with Crippen LogP contribution >= 0.6 is 0 Å². The summed E-state index contributed by atoms with van der Waals surface area (Å²) in [6.07, 6.45) is 0. The van der Waals surface area contributed by atoms with E-state index in [1.807, 2.05) is 54.6 Å². The summed E-state index contributed by atoms with van der Waals surface area (Å²) in [6.45, 7) is 0. The van der Waals surface area contributed by atoms with Crippen LogP contribution in [-0.4, -0.2) is 19.2 Å². The zero-order valence-corrected chi connectivity index (χ0v) is 13.0. The van der Waals surface area contributed by atoms with Gasteiger partial charge in [0, 0.05) is 11.6 Å². The number of nitrogens with one attached hydrogen (secondary N) is 1. The number of methoxy groups -OCH3 is 2. The lowest BCUT2D eigenvalue weighted by atomic mass is 9.99. The summed E-state index contributed by atoms with van der Waals surface area (Å²) in [6, 6.07) is 18.7. The molecule has 3 rings (SSSR count). The second-order valence-corrected chi connectivity index (χ2v) is 5.07. The fourth-order valence-electron chi connectivity index (χ4n) is 2.47. The standard InChI is InChI=1S/C19H17NO3/c1-22-15-7-3-13(4-8-15)17-11-12-18(21)20-19(17)14-5-9-16(23-2)10-6-14/h3-12H,1-2H3,(H,20,21). The van der Waals surface area contributed by atoms with Crippen molar-refractivity contribution in [2.75, 3.05) is 14.2 Å². The van der Waals surface area contributed by atoms with Crippen LogP contribution in [0.15, 0.2) is 65.5 Å². The fraction of sp³-hybridized carbons (Fsp3) is 0.105. The van der Waals surface area contributed by atoms with Gasteiger partial charge in [-0.15, -0.1) is 0 Å². The first kappa shape index (κ1) is 14.9. The molecule has 116 valence electrons. The predicted octanol–water partition coefficient (Wildman–Crippen LogP) is 3.73. The number of aromatic amines is 1. The summed E-state index contributed by atoms with van der Waals surface area (Å²) in [5.74, 6) is 1.57. The molecule has 1 aromatic heterocycles. The van der Waals surface area contributed by atoms with Crippen molar-refractivity contribution in [3.8, 4) is 33.9 Å². The Bertz CT molecular complexity index is 849. The Hall–Kier alpha value is -3.01. The Balaban J connectivity index is 2.11. The minimum Gasteiger partial charge on any atom is -0.497 e. The first-order chi connectivity index (χ1) is 11.2. The maximum atomic E-state index is 11.8. The molecule has 0 fully saturated rings.